The standard InChI is InChI=1S/C54H62/c1-2-48(4-8-52-26-38-14-39(27-52)16-40(15-38)28-52)50(6-10-54-32-44-20-45(33-54)22-46(21-44)34-54)49(5-9-53-29-41-17-42(30-53)19-43(18-41)31-53)47(1)3-7-51-23-35-11-36(24-51)13-37(12-35)25-51/h1-2,35-46H,11-34H2. The molecule has 0 aliphatic heterocycles. The van der Waals surface area contributed by atoms with E-state index in [1.54, 1.807) is 0 Å². The molecule has 16 bridgehead atoms. The number of rotatable bonds is 0. The molecule has 1 aromatic rings. The summed E-state index contributed by atoms with van der Waals surface area (Å²) in [5.41, 5.74) is 5.62. The van der Waals surface area contributed by atoms with Gasteiger partial charge in [-0.1, -0.05) is 47.4 Å². The molecule has 16 aliphatic carbocycles. The van der Waals surface area contributed by atoms with Gasteiger partial charge in [0.05, 0.1) is 11.1 Å². The Bertz CT molecular complexity index is 1750. The normalized spacial score (nSPS) is 51.1. The van der Waals surface area contributed by atoms with Crippen LogP contribution in [0.25, 0.3) is 0 Å². The second kappa shape index (κ2) is 11.5. The van der Waals surface area contributed by atoms with E-state index in [-0.39, 0.29) is 21.7 Å². The van der Waals surface area contributed by atoms with Crippen LogP contribution in [0, 0.1) is 140 Å². The molecule has 0 amide bonds. The van der Waals surface area contributed by atoms with Crippen LogP contribution < -0.4 is 0 Å². The minimum absolute atomic E-state index is 0.213. The summed E-state index contributed by atoms with van der Waals surface area (Å²) in [5, 5.41) is 0. The second-order valence-electron chi connectivity index (χ2n) is 23.7. The van der Waals surface area contributed by atoms with Crippen molar-refractivity contribution in [3.63, 3.8) is 0 Å². The third-order valence-corrected chi connectivity index (χ3v) is 19.2. The van der Waals surface area contributed by atoms with Gasteiger partial charge in [0, 0.05) is 32.8 Å². The van der Waals surface area contributed by atoms with Crippen molar-refractivity contribution in [3.8, 4) is 47.4 Å². The van der Waals surface area contributed by atoms with E-state index in [1.807, 2.05) is 0 Å². The summed E-state index contributed by atoms with van der Waals surface area (Å²) in [6.45, 7) is 0. The Morgan fingerprint density at radius 3 is 0.667 bits per heavy atom. The number of benzene rings is 1. The lowest BCUT2D eigenvalue weighted by Gasteiger charge is -2.54. The zero-order chi connectivity index (χ0) is 35.3. The van der Waals surface area contributed by atoms with Crippen LogP contribution in [0.1, 0.15) is 176 Å². The highest BCUT2D eigenvalue weighted by molar-refractivity contribution is 5.66. The molecule has 0 heteroatoms. The van der Waals surface area contributed by atoms with E-state index in [4.69, 9.17) is 0 Å². The van der Waals surface area contributed by atoms with Crippen molar-refractivity contribution in [3.05, 3.63) is 34.4 Å². The molecule has 0 atom stereocenters. The van der Waals surface area contributed by atoms with Gasteiger partial charge in [0.15, 0.2) is 0 Å². The lowest BCUT2D eigenvalue weighted by molar-refractivity contribution is -0.0183. The first-order valence-corrected chi connectivity index (χ1v) is 23.6. The average molecular weight is 711 g/mol. The molecule has 0 nitrogen and oxygen atoms in total. The minimum Gasteiger partial charge on any atom is -0.0910 e. The van der Waals surface area contributed by atoms with Gasteiger partial charge in [-0.2, -0.15) is 0 Å². The lowest BCUT2D eigenvalue weighted by atomic mass is 9.50. The molecular weight excluding hydrogens is 649 g/mol. The molecule has 17 rings (SSSR count). The Morgan fingerprint density at radius 1 is 0.278 bits per heavy atom. The zero-order valence-electron chi connectivity index (χ0n) is 33.1. The molecule has 0 unspecified atom stereocenters. The Kier molecular flexibility index (Phi) is 6.95. The summed E-state index contributed by atoms with van der Waals surface area (Å²) < 4.78 is 0. The molecule has 0 aromatic heterocycles. The summed E-state index contributed by atoms with van der Waals surface area (Å²) in [7, 11) is 0. The lowest BCUT2D eigenvalue weighted by Crippen LogP contribution is -2.45. The predicted octanol–water partition coefficient (Wildman–Crippen LogP) is 12.0. The monoisotopic (exact) mass is 710 g/mol. The van der Waals surface area contributed by atoms with E-state index >= 15 is 0 Å². The van der Waals surface area contributed by atoms with Crippen molar-refractivity contribution in [2.45, 2.75) is 154 Å². The first-order valence-electron chi connectivity index (χ1n) is 23.6. The fraction of sp³-hybridized carbons (Fsp3) is 0.741. The summed E-state index contributed by atoms with van der Waals surface area (Å²) in [6, 6.07) is 4.74. The van der Waals surface area contributed by atoms with Crippen LogP contribution in [0.15, 0.2) is 12.1 Å². The molecule has 278 valence electrons. The van der Waals surface area contributed by atoms with Crippen LogP contribution in [-0.2, 0) is 0 Å². The molecule has 16 saturated carbocycles. The van der Waals surface area contributed by atoms with Crippen LogP contribution in [0.3, 0.4) is 0 Å². The Morgan fingerprint density at radius 2 is 0.463 bits per heavy atom. The van der Waals surface area contributed by atoms with Gasteiger partial charge in [-0.15, -0.1) is 0 Å². The summed E-state index contributed by atoms with van der Waals surface area (Å²) in [6.07, 6.45) is 33.7. The van der Waals surface area contributed by atoms with Crippen LogP contribution in [0.4, 0.5) is 0 Å². The van der Waals surface area contributed by atoms with E-state index in [0.29, 0.717) is 0 Å². The molecule has 54 heavy (non-hydrogen) atoms. The molecule has 0 spiro atoms. The topological polar surface area (TPSA) is 0 Å². The van der Waals surface area contributed by atoms with Gasteiger partial charge >= 0.3 is 0 Å². The van der Waals surface area contributed by atoms with Crippen molar-refractivity contribution in [1.82, 2.24) is 0 Å². The number of hydrogen-bond donors (Lipinski definition) is 0. The molecule has 0 N–H and O–H groups in total. The van der Waals surface area contributed by atoms with Gasteiger partial charge in [0.1, 0.15) is 0 Å². The Labute approximate surface area is 327 Å². The first-order chi connectivity index (χ1) is 26.3. The van der Waals surface area contributed by atoms with Crippen LogP contribution >= 0.6 is 0 Å². The van der Waals surface area contributed by atoms with E-state index in [9.17, 15) is 0 Å². The highest BCUT2D eigenvalue weighted by Gasteiger charge is 2.53. The molecule has 0 radical (unpaired) electrons. The van der Waals surface area contributed by atoms with Crippen molar-refractivity contribution in [1.29, 1.82) is 0 Å². The van der Waals surface area contributed by atoms with Crippen LogP contribution in [0.5, 0.6) is 0 Å². The smallest absolute Gasteiger partial charge is 0.0571 e. The third kappa shape index (κ3) is 5.41. The molecule has 0 saturated heterocycles. The maximum absolute atomic E-state index is 4.16. The number of hydrogen-bond acceptors (Lipinski definition) is 0. The van der Waals surface area contributed by atoms with Crippen LogP contribution in [0.2, 0.25) is 0 Å². The quantitative estimate of drug-likeness (QED) is 0.235. The molecular formula is C54H62. The van der Waals surface area contributed by atoms with Gasteiger partial charge < -0.3 is 0 Å². The van der Waals surface area contributed by atoms with Crippen molar-refractivity contribution in [2.24, 2.45) is 92.7 Å². The van der Waals surface area contributed by atoms with Gasteiger partial charge in [0.25, 0.3) is 0 Å². The van der Waals surface area contributed by atoms with Crippen molar-refractivity contribution >= 4 is 0 Å². The molecule has 0 heterocycles. The summed E-state index contributed by atoms with van der Waals surface area (Å²) in [4.78, 5) is 0. The third-order valence-electron chi connectivity index (χ3n) is 19.2. The van der Waals surface area contributed by atoms with Crippen LogP contribution in [-0.4, -0.2) is 0 Å². The zero-order valence-corrected chi connectivity index (χ0v) is 33.1. The molecule has 16 aliphatic rings. The SMILES string of the molecule is C(#CC12CC3CC(CC(C3)C1)C2)c1ccc(C#CC23CC4CC(CC(C4)C2)C3)c(C#CC23CC4CC(CC(C4)C2)C3)c1C#CC12CC3CC(CC(C3)C1)C2. The maximum atomic E-state index is 4.16. The fourth-order valence-corrected chi connectivity index (χ4v) is 18.9. The second-order valence-corrected chi connectivity index (χ2v) is 23.7. The Hall–Kier alpha value is -2.54. The van der Waals surface area contributed by atoms with E-state index in [1.165, 1.54) is 176 Å². The maximum Gasteiger partial charge on any atom is 0.0571 e. The highest BCUT2D eigenvalue weighted by Crippen LogP contribution is 2.63. The van der Waals surface area contributed by atoms with Crippen molar-refractivity contribution in [2.75, 3.05) is 0 Å². The van der Waals surface area contributed by atoms with E-state index in [0.717, 1.165) is 71.0 Å². The minimum atomic E-state index is 0.213. The molecule has 1 aromatic carbocycles. The summed E-state index contributed by atoms with van der Waals surface area (Å²) >= 11 is 0. The average Bonchev–Trinajstić information content (AvgIpc) is 3.10. The first kappa shape index (κ1) is 32.5. The van der Waals surface area contributed by atoms with Gasteiger partial charge in [-0.25, -0.2) is 0 Å². The molecule has 16 fully saturated rings. The highest BCUT2D eigenvalue weighted by atomic mass is 14.6. The largest absolute Gasteiger partial charge is 0.0910 e. The fourth-order valence-electron chi connectivity index (χ4n) is 18.9. The summed E-state index contributed by atoms with van der Waals surface area (Å²) in [5.74, 6) is 43.6. The van der Waals surface area contributed by atoms with Gasteiger partial charge in [0.2, 0.25) is 0 Å². The van der Waals surface area contributed by atoms with Gasteiger partial charge in [-0.05, 0) is 237 Å². The Balaban J connectivity index is 0.960. The predicted molar refractivity (Wildman–Crippen MR) is 216 cm³/mol. The van der Waals surface area contributed by atoms with Gasteiger partial charge in [-0.3, -0.25) is 0 Å². The van der Waals surface area contributed by atoms with Crippen molar-refractivity contribution < 1.29 is 0 Å². The van der Waals surface area contributed by atoms with E-state index in [2.05, 4.69) is 59.5 Å². The van der Waals surface area contributed by atoms with E-state index < -0.39 is 0 Å².